The lowest BCUT2D eigenvalue weighted by Crippen LogP contribution is -2.48. The van der Waals surface area contributed by atoms with Crippen LogP contribution < -0.4 is 5.73 Å². The largest absolute Gasteiger partial charge is 0.366 e. The maximum Gasteiger partial charge on any atom is 0.248 e. The van der Waals surface area contributed by atoms with Gasteiger partial charge in [-0.15, -0.1) is 10.3 Å². The summed E-state index contributed by atoms with van der Waals surface area (Å²) < 4.78 is 0. The van der Waals surface area contributed by atoms with Gasteiger partial charge in [-0.05, 0) is 32.4 Å². The Balaban J connectivity index is 2.21. The summed E-state index contributed by atoms with van der Waals surface area (Å²) >= 11 is 0. The Hall–Kier alpha value is -2.11. The van der Waals surface area contributed by atoms with Crippen molar-refractivity contribution < 1.29 is 10.0 Å². The second-order valence-corrected chi connectivity index (χ2v) is 6.39. The standard InChI is InChI=1S/C17H22N3O2/c1-17(2,3)20(22)15-9-10-19(12-14(15)16(18)21)11-13-7-5-4-6-8-13/h4-10,12,15H,11H2,1-3H3,(H2,18,21). The van der Waals surface area contributed by atoms with E-state index in [1.165, 1.54) is 0 Å². The van der Waals surface area contributed by atoms with Gasteiger partial charge in [0.05, 0.1) is 11.6 Å². The fourth-order valence-corrected chi connectivity index (χ4v) is 2.32. The van der Waals surface area contributed by atoms with Crippen molar-refractivity contribution in [2.75, 3.05) is 0 Å². The van der Waals surface area contributed by atoms with E-state index in [4.69, 9.17) is 5.73 Å². The SMILES string of the molecule is CC(C)(C)N([O])C1C=CN(Cc2ccccc2)C=C1C(N)=O. The molecule has 1 amide bonds. The molecule has 1 aliphatic rings. The number of rotatable bonds is 4. The van der Waals surface area contributed by atoms with E-state index in [-0.39, 0.29) is 0 Å². The van der Waals surface area contributed by atoms with E-state index in [1.54, 1.807) is 12.3 Å². The molecule has 1 aliphatic heterocycles. The normalized spacial score (nSPS) is 18.5. The van der Waals surface area contributed by atoms with Crippen LogP contribution >= 0.6 is 0 Å². The number of nitrogens with two attached hydrogens (primary N) is 1. The van der Waals surface area contributed by atoms with E-state index < -0.39 is 17.5 Å². The Kier molecular flexibility index (Phi) is 4.68. The number of benzene rings is 1. The Morgan fingerprint density at radius 1 is 1.27 bits per heavy atom. The molecule has 0 fully saturated rings. The van der Waals surface area contributed by atoms with Crippen LogP contribution in [0.4, 0.5) is 0 Å². The summed E-state index contributed by atoms with van der Waals surface area (Å²) in [5.74, 6) is -0.572. The number of hydroxylamine groups is 2. The molecule has 117 valence electrons. The van der Waals surface area contributed by atoms with Gasteiger partial charge in [-0.3, -0.25) is 4.79 Å². The van der Waals surface area contributed by atoms with Gasteiger partial charge in [0.2, 0.25) is 5.91 Å². The van der Waals surface area contributed by atoms with E-state index >= 15 is 0 Å². The fraction of sp³-hybridized carbons (Fsp3) is 0.353. The summed E-state index contributed by atoms with van der Waals surface area (Å²) in [6.45, 7) is 6.05. The second-order valence-electron chi connectivity index (χ2n) is 6.39. The Morgan fingerprint density at radius 2 is 1.91 bits per heavy atom. The Labute approximate surface area is 131 Å². The van der Waals surface area contributed by atoms with E-state index in [0.29, 0.717) is 12.1 Å². The van der Waals surface area contributed by atoms with Crippen molar-refractivity contribution in [3.63, 3.8) is 0 Å². The minimum atomic E-state index is -0.649. The number of nitrogens with zero attached hydrogens (tertiary/aromatic N) is 2. The molecule has 1 aromatic rings. The minimum Gasteiger partial charge on any atom is -0.366 e. The van der Waals surface area contributed by atoms with Crippen LogP contribution in [0.15, 0.2) is 54.4 Å². The van der Waals surface area contributed by atoms with Crippen LogP contribution in [-0.2, 0) is 16.5 Å². The van der Waals surface area contributed by atoms with Crippen LogP contribution in [0, 0.1) is 0 Å². The number of carbonyl (C=O) groups excluding carboxylic acids is 1. The molecule has 1 unspecified atom stereocenters. The maximum absolute atomic E-state index is 12.4. The third kappa shape index (κ3) is 3.75. The van der Waals surface area contributed by atoms with E-state index in [1.807, 2.05) is 62.2 Å². The average molecular weight is 300 g/mol. The third-order valence-electron chi connectivity index (χ3n) is 3.49. The predicted molar refractivity (Wildman–Crippen MR) is 84.5 cm³/mol. The number of hydrogen-bond acceptors (Lipinski definition) is 3. The molecule has 5 heteroatoms. The van der Waals surface area contributed by atoms with Crippen LogP contribution in [0.25, 0.3) is 0 Å². The first-order valence-corrected chi connectivity index (χ1v) is 7.25. The van der Waals surface area contributed by atoms with Crippen molar-refractivity contribution in [1.82, 2.24) is 9.96 Å². The summed E-state index contributed by atoms with van der Waals surface area (Å²) in [5.41, 5.74) is 6.28. The summed E-state index contributed by atoms with van der Waals surface area (Å²) in [6.07, 6.45) is 5.21. The van der Waals surface area contributed by atoms with Gasteiger partial charge in [0, 0.05) is 24.5 Å². The quantitative estimate of drug-likeness (QED) is 0.867. The highest BCUT2D eigenvalue weighted by Gasteiger charge is 2.33. The number of hydrogen-bond donors (Lipinski definition) is 1. The maximum atomic E-state index is 12.4. The molecule has 2 N–H and O–H groups in total. The molecule has 5 nitrogen and oxygen atoms in total. The van der Waals surface area contributed by atoms with Gasteiger partial charge in [-0.2, -0.15) is 0 Å². The number of carbonyl (C=O) groups is 1. The van der Waals surface area contributed by atoms with Gasteiger partial charge >= 0.3 is 0 Å². The van der Waals surface area contributed by atoms with Gasteiger partial charge in [0.25, 0.3) is 0 Å². The second kappa shape index (κ2) is 6.34. The lowest BCUT2D eigenvalue weighted by molar-refractivity contribution is -0.223. The molecular formula is C17H22N3O2. The molecule has 2 rings (SSSR count). The van der Waals surface area contributed by atoms with Crippen LogP contribution in [-0.4, -0.2) is 27.5 Å². The monoisotopic (exact) mass is 300 g/mol. The molecule has 0 saturated heterocycles. The van der Waals surface area contributed by atoms with E-state index in [9.17, 15) is 10.0 Å². The fourth-order valence-electron chi connectivity index (χ4n) is 2.32. The number of primary amides is 1. The van der Waals surface area contributed by atoms with Crippen molar-refractivity contribution in [3.8, 4) is 0 Å². The molecule has 1 radical (unpaired) electrons. The van der Waals surface area contributed by atoms with Gasteiger partial charge < -0.3 is 10.6 Å². The lowest BCUT2D eigenvalue weighted by atomic mass is 9.99. The van der Waals surface area contributed by atoms with Crippen LogP contribution in [0.3, 0.4) is 0 Å². The highest BCUT2D eigenvalue weighted by Crippen LogP contribution is 2.24. The summed E-state index contributed by atoms with van der Waals surface area (Å²) in [5, 5.41) is 13.3. The first kappa shape index (κ1) is 16.3. The van der Waals surface area contributed by atoms with Crippen molar-refractivity contribution in [2.45, 2.75) is 38.9 Å². The molecular weight excluding hydrogens is 278 g/mol. The number of amides is 1. The zero-order valence-corrected chi connectivity index (χ0v) is 13.2. The molecule has 1 aromatic carbocycles. The van der Waals surface area contributed by atoms with Gasteiger partial charge in [-0.1, -0.05) is 30.3 Å². The predicted octanol–water partition coefficient (Wildman–Crippen LogP) is 2.20. The van der Waals surface area contributed by atoms with Crippen molar-refractivity contribution in [3.05, 3.63) is 59.9 Å². The van der Waals surface area contributed by atoms with Gasteiger partial charge in [0.1, 0.15) is 0 Å². The average Bonchev–Trinajstić information content (AvgIpc) is 2.46. The smallest absolute Gasteiger partial charge is 0.248 e. The van der Waals surface area contributed by atoms with Crippen molar-refractivity contribution in [2.24, 2.45) is 5.73 Å². The zero-order chi connectivity index (χ0) is 16.3. The summed E-state index contributed by atoms with van der Waals surface area (Å²) in [7, 11) is 0. The molecule has 1 atom stereocenters. The summed E-state index contributed by atoms with van der Waals surface area (Å²) in [6, 6.07) is 9.24. The highest BCUT2D eigenvalue weighted by atomic mass is 16.5. The molecule has 0 aromatic heterocycles. The molecule has 22 heavy (non-hydrogen) atoms. The van der Waals surface area contributed by atoms with Gasteiger partial charge in [0.15, 0.2) is 0 Å². The van der Waals surface area contributed by atoms with Gasteiger partial charge in [-0.25, -0.2) is 0 Å². The topological polar surface area (TPSA) is 69.5 Å². The Bertz CT molecular complexity index is 588. The zero-order valence-electron chi connectivity index (χ0n) is 13.2. The van der Waals surface area contributed by atoms with Crippen molar-refractivity contribution >= 4 is 5.91 Å². The van der Waals surface area contributed by atoms with Crippen LogP contribution in [0.1, 0.15) is 26.3 Å². The van der Waals surface area contributed by atoms with E-state index in [2.05, 4.69) is 0 Å². The third-order valence-corrected chi connectivity index (χ3v) is 3.49. The molecule has 0 aliphatic carbocycles. The van der Waals surface area contributed by atoms with Crippen LogP contribution in [0.5, 0.6) is 0 Å². The Morgan fingerprint density at radius 3 is 2.45 bits per heavy atom. The first-order valence-electron chi connectivity index (χ1n) is 7.25. The highest BCUT2D eigenvalue weighted by molar-refractivity contribution is 5.93. The first-order chi connectivity index (χ1) is 10.3. The lowest BCUT2D eigenvalue weighted by Gasteiger charge is -2.35. The minimum absolute atomic E-state index is 0.309. The molecule has 0 saturated carbocycles. The van der Waals surface area contributed by atoms with E-state index in [0.717, 1.165) is 10.6 Å². The van der Waals surface area contributed by atoms with Crippen molar-refractivity contribution in [1.29, 1.82) is 0 Å². The molecule has 0 bridgehead atoms. The molecule has 0 spiro atoms. The van der Waals surface area contributed by atoms with Crippen LogP contribution in [0.2, 0.25) is 0 Å². The molecule has 1 heterocycles. The summed E-state index contributed by atoms with van der Waals surface area (Å²) in [4.78, 5) is 13.6.